The van der Waals surface area contributed by atoms with Crippen LogP contribution in [0.5, 0.6) is 5.75 Å². The van der Waals surface area contributed by atoms with E-state index >= 15 is 0 Å². The Morgan fingerprint density at radius 3 is 2.68 bits per heavy atom. The average Bonchev–Trinajstić information content (AvgIpc) is 2.92. The van der Waals surface area contributed by atoms with E-state index < -0.39 is 5.91 Å². The van der Waals surface area contributed by atoms with Crippen LogP contribution >= 0.6 is 39.1 Å². The predicted octanol–water partition coefficient (Wildman–Crippen LogP) is 5.63. The summed E-state index contributed by atoms with van der Waals surface area (Å²) in [6.07, 6.45) is 1.55. The molecule has 2 aromatic carbocycles. The van der Waals surface area contributed by atoms with E-state index in [0.717, 1.165) is 22.6 Å². The predicted molar refractivity (Wildman–Crippen MR) is 116 cm³/mol. The summed E-state index contributed by atoms with van der Waals surface area (Å²) in [5.41, 5.74) is 5.97. The SMILES string of the molecule is Cc1cc(/C=N\NC(=O)c2cc(Br)ccc2O)c(C)n1-c1cc(Cl)ccc1Cl. The zero-order chi connectivity index (χ0) is 20.4. The van der Waals surface area contributed by atoms with Crippen molar-refractivity contribution in [3.8, 4) is 11.4 Å². The molecule has 1 heterocycles. The van der Waals surface area contributed by atoms with Gasteiger partial charge in [0.25, 0.3) is 5.91 Å². The maximum atomic E-state index is 12.2. The molecule has 0 radical (unpaired) electrons. The molecule has 0 bridgehead atoms. The molecule has 1 amide bonds. The number of aromatic nitrogens is 1. The monoisotopic (exact) mass is 479 g/mol. The number of phenols is 1. The maximum absolute atomic E-state index is 12.2. The number of aryl methyl sites for hydroxylation is 1. The van der Waals surface area contributed by atoms with Crippen molar-refractivity contribution in [2.75, 3.05) is 0 Å². The number of carbonyl (C=O) groups is 1. The Kier molecular flexibility index (Phi) is 6.13. The van der Waals surface area contributed by atoms with E-state index in [1.165, 1.54) is 12.1 Å². The third kappa shape index (κ3) is 4.24. The molecule has 3 rings (SSSR count). The fourth-order valence-corrected chi connectivity index (χ4v) is 3.59. The highest BCUT2D eigenvalue weighted by Gasteiger charge is 2.14. The van der Waals surface area contributed by atoms with Gasteiger partial charge in [-0.1, -0.05) is 39.1 Å². The number of aromatic hydroxyl groups is 1. The summed E-state index contributed by atoms with van der Waals surface area (Å²) in [6, 6.07) is 11.8. The topological polar surface area (TPSA) is 66.6 Å². The quantitative estimate of drug-likeness (QED) is 0.375. The maximum Gasteiger partial charge on any atom is 0.275 e. The van der Waals surface area contributed by atoms with Crippen LogP contribution in [-0.4, -0.2) is 21.8 Å². The number of rotatable bonds is 4. The van der Waals surface area contributed by atoms with Gasteiger partial charge in [0.2, 0.25) is 0 Å². The van der Waals surface area contributed by atoms with E-state index in [2.05, 4.69) is 26.5 Å². The van der Waals surface area contributed by atoms with Crippen LogP contribution in [0.25, 0.3) is 5.69 Å². The van der Waals surface area contributed by atoms with Crippen molar-refractivity contribution in [3.63, 3.8) is 0 Å². The van der Waals surface area contributed by atoms with Crippen molar-refractivity contribution in [1.82, 2.24) is 9.99 Å². The Morgan fingerprint density at radius 1 is 1.18 bits per heavy atom. The van der Waals surface area contributed by atoms with E-state index in [4.69, 9.17) is 23.2 Å². The van der Waals surface area contributed by atoms with Gasteiger partial charge in [-0.2, -0.15) is 5.10 Å². The van der Waals surface area contributed by atoms with Gasteiger partial charge >= 0.3 is 0 Å². The Bertz CT molecular complexity index is 1090. The molecule has 0 atom stereocenters. The molecule has 0 saturated carbocycles. The first kappa shape index (κ1) is 20.5. The zero-order valence-corrected chi connectivity index (χ0v) is 18.1. The Labute approximate surface area is 180 Å². The number of nitrogens with one attached hydrogen (secondary N) is 1. The molecule has 0 saturated heterocycles. The van der Waals surface area contributed by atoms with Crippen molar-refractivity contribution in [1.29, 1.82) is 0 Å². The lowest BCUT2D eigenvalue weighted by molar-refractivity contribution is 0.0952. The minimum absolute atomic E-state index is 0.121. The lowest BCUT2D eigenvalue weighted by Crippen LogP contribution is -2.17. The van der Waals surface area contributed by atoms with Crippen molar-refractivity contribution < 1.29 is 9.90 Å². The summed E-state index contributed by atoms with van der Waals surface area (Å²) < 4.78 is 2.65. The van der Waals surface area contributed by atoms with Crippen LogP contribution in [0.1, 0.15) is 27.3 Å². The number of halogens is 3. The second-order valence-corrected chi connectivity index (χ2v) is 7.88. The molecule has 5 nitrogen and oxygen atoms in total. The first-order chi connectivity index (χ1) is 13.3. The fraction of sp³-hybridized carbons (Fsp3) is 0.100. The standard InChI is InChI=1S/C20H16BrCl2N3O2/c1-11-7-13(12(2)26(11)18-9-15(22)4-5-17(18)23)10-24-25-20(28)16-8-14(21)3-6-19(16)27/h3-10,27H,1-2H3,(H,25,28)/b24-10-. The lowest BCUT2D eigenvalue weighted by atomic mass is 10.2. The van der Waals surface area contributed by atoms with Gasteiger partial charge in [-0.15, -0.1) is 0 Å². The number of hydrogen-bond acceptors (Lipinski definition) is 3. The molecule has 2 N–H and O–H groups in total. The van der Waals surface area contributed by atoms with Gasteiger partial charge < -0.3 is 9.67 Å². The van der Waals surface area contributed by atoms with Gasteiger partial charge in [0.05, 0.1) is 22.5 Å². The summed E-state index contributed by atoms with van der Waals surface area (Å²) in [4.78, 5) is 12.2. The molecule has 0 aliphatic carbocycles. The third-order valence-electron chi connectivity index (χ3n) is 4.19. The summed E-state index contributed by atoms with van der Waals surface area (Å²) in [5, 5.41) is 15.0. The van der Waals surface area contributed by atoms with Gasteiger partial charge in [0.1, 0.15) is 5.75 Å². The van der Waals surface area contributed by atoms with E-state index in [1.54, 1.807) is 30.5 Å². The van der Waals surface area contributed by atoms with E-state index in [0.29, 0.717) is 14.5 Å². The Balaban J connectivity index is 1.85. The van der Waals surface area contributed by atoms with Gasteiger partial charge in [0.15, 0.2) is 0 Å². The summed E-state index contributed by atoms with van der Waals surface area (Å²) in [7, 11) is 0. The van der Waals surface area contributed by atoms with Gasteiger partial charge in [-0.25, -0.2) is 5.43 Å². The molecule has 8 heteroatoms. The Hall–Kier alpha value is -2.28. The lowest BCUT2D eigenvalue weighted by Gasteiger charge is -2.12. The van der Waals surface area contributed by atoms with Crippen molar-refractivity contribution in [2.45, 2.75) is 13.8 Å². The number of carbonyl (C=O) groups excluding carboxylic acids is 1. The molecule has 0 fully saturated rings. The first-order valence-corrected chi connectivity index (χ1v) is 9.79. The smallest absolute Gasteiger partial charge is 0.275 e. The average molecular weight is 481 g/mol. The van der Waals surface area contributed by atoms with E-state index in [1.807, 2.05) is 24.5 Å². The van der Waals surface area contributed by atoms with Gasteiger partial charge in [0, 0.05) is 26.4 Å². The highest BCUT2D eigenvalue weighted by molar-refractivity contribution is 9.10. The first-order valence-electron chi connectivity index (χ1n) is 8.24. The summed E-state index contributed by atoms with van der Waals surface area (Å²) >= 11 is 15.7. The van der Waals surface area contributed by atoms with Crippen LogP contribution in [0, 0.1) is 13.8 Å². The molecular weight excluding hydrogens is 465 g/mol. The normalized spacial score (nSPS) is 11.2. The van der Waals surface area contributed by atoms with Crippen LogP contribution in [-0.2, 0) is 0 Å². The molecule has 0 aliphatic heterocycles. The van der Waals surface area contributed by atoms with Crippen molar-refractivity contribution >= 4 is 51.3 Å². The van der Waals surface area contributed by atoms with Crippen molar-refractivity contribution in [3.05, 3.63) is 79.5 Å². The molecule has 3 aromatic rings. The number of hydrazone groups is 1. The van der Waals surface area contributed by atoms with Crippen LogP contribution < -0.4 is 5.43 Å². The van der Waals surface area contributed by atoms with Crippen LogP contribution in [0.15, 0.2) is 52.0 Å². The third-order valence-corrected chi connectivity index (χ3v) is 5.24. The number of benzene rings is 2. The molecular formula is C20H16BrCl2N3O2. The number of phenolic OH excluding ortho intramolecular Hbond substituents is 1. The highest BCUT2D eigenvalue weighted by Crippen LogP contribution is 2.28. The summed E-state index contributed by atoms with van der Waals surface area (Å²) in [5.74, 6) is -0.633. The molecule has 1 aromatic heterocycles. The van der Waals surface area contributed by atoms with E-state index in [-0.39, 0.29) is 11.3 Å². The molecule has 0 aliphatic rings. The molecule has 0 unspecified atom stereocenters. The van der Waals surface area contributed by atoms with Crippen LogP contribution in [0.4, 0.5) is 0 Å². The van der Waals surface area contributed by atoms with Crippen LogP contribution in [0.3, 0.4) is 0 Å². The van der Waals surface area contributed by atoms with Crippen molar-refractivity contribution in [2.24, 2.45) is 5.10 Å². The second kappa shape index (κ2) is 8.39. The number of amides is 1. The number of nitrogens with zero attached hydrogens (tertiary/aromatic N) is 2. The minimum atomic E-state index is -0.512. The van der Waals surface area contributed by atoms with Crippen LogP contribution in [0.2, 0.25) is 10.0 Å². The molecule has 144 valence electrons. The second-order valence-electron chi connectivity index (χ2n) is 6.12. The zero-order valence-electron chi connectivity index (χ0n) is 15.0. The molecule has 0 spiro atoms. The van der Waals surface area contributed by atoms with E-state index in [9.17, 15) is 9.90 Å². The largest absolute Gasteiger partial charge is 0.507 e. The fourth-order valence-electron chi connectivity index (χ4n) is 2.86. The summed E-state index contributed by atoms with van der Waals surface area (Å²) in [6.45, 7) is 3.87. The van der Waals surface area contributed by atoms with Gasteiger partial charge in [-0.3, -0.25) is 4.79 Å². The Morgan fingerprint density at radius 2 is 1.93 bits per heavy atom. The highest BCUT2D eigenvalue weighted by atomic mass is 79.9. The number of hydrogen-bond donors (Lipinski definition) is 2. The minimum Gasteiger partial charge on any atom is -0.507 e. The van der Waals surface area contributed by atoms with Gasteiger partial charge in [-0.05, 0) is 56.3 Å². The molecule has 28 heavy (non-hydrogen) atoms.